The number of ketones is 1. The minimum Gasteiger partial charge on any atom is -0.392 e. The van der Waals surface area contributed by atoms with Gasteiger partial charge in [0.05, 0.1) is 29.6 Å². The van der Waals surface area contributed by atoms with Crippen LogP contribution in [0.25, 0.3) is 5.69 Å². The second kappa shape index (κ2) is 8.81. The highest BCUT2D eigenvalue weighted by Gasteiger charge is 2.19. The van der Waals surface area contributed by atoms with E-state index in [-0.39, 0.29) is 23.5 Å². The van der Waals surface area contributed by atoms with Crippen LogP contribution in [-0.2, 0) is 11.4 Å². The number of aliphatic hydroxyl groups excluding tert-OH is 1. The van der Waals surface area contributed by atoms with Gasteiger partial charge in [-0.15, -0.1) is 0 Å². The first-order chi connectivity index (χ1) is 14.4. The smallest absolute Gasteiger partial charge is 0.292 e. The highest BCUT2D eigenvalue weighted by Crippen LogP contribution is 2.28. The number of aliphatic hydroxyl groups is 1. The number of amides is 1. The molecule has 0 aliphatic heterocycles. The third-order valence-electron chi connectivity index (χ3n) is 4.32. The van der Waals surface area contributed by atoms with Gasteiger partial charge in [0.2, 0.25) is 5.91 Å². The van der Waals surface area contributed by atoms with Crippen LogP contribution in [0.15, 0.2) is 60.9 Å². The molecule has 0 spiro atoms. The zero-order valence-corrected chi connectivity index (χ0v) is 15.6. The van der Waals surface area contributed by atoms with Crippen molar-refractivity contribution in [3.05, 3.63) is 87.7 Å². The molecule has 0 aliphatic rings. The minimum atomic E-state index is -0.717. The summed E-state index contributed by atoms with van der Waals surface area (Å²) in [6, 6.07) is 13.7. The Bertz CT molecular complexity index is 1180. The number of rotatable bonds is 7. The van der Waals surface area contributed by atoms with Gasteiger partial charge in [-0.25, -0.2) is 0 Å². The Labute approximate surface area is 171 Å². The summed E-state index contributed by atoms with van der Waals surface area (Å²) in [6.07, 6.45) is 2.79. The van der Waals surface area contributed by atoms with Crippen molar-refractivity contribution in [2.24, 2.45) is 0 Å². The number of anilines is 1. The van der Waals surface area contributed by atoms with Gasteiger partial charge in [-0.1, -0.05) is 12.1 Å². The molecule has 3 aromatic rings. The molecule has 0 atom stereocenters. The largest absolute Gasteiger partial charge is 0.392 e. The number of carbonyl (C=O) groups excluding carboxylic acids is 2. The fourth-order valence-corrected chi connectivity index (χ4v) is 2.84. The summed E-state index contributed by atoms with van der Waals surface area (Å²) in [5.74, 6) is -1.23. The Morgan fingerprint density at radius 2 is 2.00 bits per heavy atom. The second-order valence-electron chi connectivity index (χ2n) is 6.38. The van der Waals surface area contributed by atoms with Crippen LogP contribution in [0, 0.1) is 21.4 Å². The summed E-state index contributed by atoms with van der Waals surface area (Å²) in [7, 11) is 0. The third kappa shape index (κ3) is 4.57. The number of carbonyl (C=O) groups is 2. The molecular weight excluding hydrogens is 388 g/mol. The lowest BCUT2D eigenvalue weighted by Gasteiger charge is -2.09. The van der Waals surface area contributed by atoms with E-state index in [4.69, 9.17) is 5.26 Å². The van der Waals surface area contributed by atoms with Crippen molar-refractivity contribution >= 4 is 23.1 Å². The lowest BCUT2D eigenvalue weighted by molar-refractivity contribution is -0.383. The summed E-state index contributed by atoms with van der Waals surface area (Å²) < 4.78 is 1.64. The second-order valence-corrected chi connectivity index (χ2v) is 6.38. The van der Waals surface area contributed by atoms with E-state index in [0.717, 1.165) is 0 Å². The first kappa shape index (κ1) is 20.4. The highest BCUT2D eigenvalue weighted by molar-refractivity contribution is 6.11. The minimum absolute atomic E-state index is 0.0553. The van der Waals surface area contributed by atoms with Crippen LogP contribution < -0.4 is 5.32 Å². The summed E-state index contributed by atoms with van der Waals surface area (Å²) in [5, 5.41) is 31.9. The van der Waals surface area contributed by atoms with E-state index in [0.29, 0.717) is 16.8 Å². The normalized spacial score (nSPS) is 10.3. The average molecular weight is 404 g/mol. The highest BCUT2D eigenvalue weighted by atomic mass is 16.6. The molecule has 0 bridgehead atoms. The maximum atomic E-state index is 12.4. The molecule has 0 unspecified atom stereocenters. The Kier molecular flexibility index (Phi) is 6.00. The van der Waals surface area contributed by atoms with Crippen LogP contribution in [0.1, 0.15) is 27.9 Å². The first-order valence-corrected chi connectivity index (χ1v) is 8.81. The van der Waals surface area contributed by atoms with Gasteiger partial charge in [0.15, 0.2) is 5.78 Å². The van der Waals surface area contributed by atoms with E-state index in [1.165, 1.54) is 42.5 Å². The van der Waals surface area contributed by atoms with Crippen LogP contribution in [0.3, 0.4) is 0 Å². The molecule has 30 heavy (non-hydrogen) atoms. The van der Waals surface area contributed by atoms with E-state index in [1.807, 2.05) is 6.07 Å². The van der Waals surface area contributed by atoms with E-state index in [2.05, 4.69) is 5.32 Å². The topological polar surface area (TPSA) is 138 Å². The van der Waals surface area contributed by atoms with Gasteiger partial charge in [0, 0.05) is 29.7 Å². The zero-order chi connectivity index (χ0) is 21.7. The van der Waals surface area contributed by atoms with E-state index < -0.39 is 23.0 Å². The molecule has 0 saturated heterocycles. The van der Waals surface area contributed by atoms with Crippen LogP contribution >= 0.6 is 0 Å². The molecule has 1 amide bonds. The molecule has 3 rings (SSSR count). The Morgan fingerprint density at radius 1 is 1.20 bits per heavy atom. The SMILES string of the molecule is N#Cc1cccc(C(=O)CC(=O)Nc2cc(-n3ccc(CO)c3)ccc2[N+](=O)[O-])c1. The van der Waals surface area contributed by atoms with Crippen molar-refractivity contribution in [3.63, 3.8) is 0 Å². The fourth-order valence-electron chi connectivity index (χ4n) is 2.84. The molecule has 1 heterocycles. The van der Waals surface area contributed by atoms with Crippen molar-refractivity contribution < 1.29 is 19.6 Å². The molecule has 9 heteroatoms. The third-order valence-corrected chi connectivity index (χ3v) is 4.32. The van der Waals surface area contributed by atoms with Gasteiger partial charge in [-0.2, -0.15) is 5.26 Å². The molecule has 1 aromatic heterocycles. The number of hydrogen-bond donors (Lipinski definition) is 2. The van der Waals surface area contributed by atoms with Crippen LogP contribution in [0.5, 0.6) is 0 Å². The quantitative estimate of drug-likeness (QED) is 0.269. The van der Waals surface area contributed by atoms with Gasteiger partial charge in [-0.05, 0) is 35.9 Å². The maximum absolute atomic E-state index is 12.4. The fraction of sp³-hybridized carbons (Fsp3) is 0.0952. The van der Waals surface area contributed by atoms with E-state index in [9.17, 15) is 24.8 Å². The lowest BCUT2D eigenvalue weighted by Crippen LogP contribution is -2.17. The van der Waals surface area contributed by atoms with Gasteiger partial charge in [-0.3, -0.25) is 19.7 Å². The number of nitrogens with one attached hydrogen (secondary N) is 1. The van der Waals surface area contributed by atoms with Crippen molar-refractivity contribution in [2.45, 2.75) is 13.0 Å². The molecule has 0 saturated carbocycles. The Hall–Kier alpha value is -4.29. The van der Waals surface area contributed by atoms with E-state index >= 15 is 0 Å². The Morgan fingerprint density at radius 3 is 2.67 bits per heavy atom. The number of Topliss-reactive ketones (excluding diaryl/α,β-unsaturated/α-hetero) is 1. The van der Waals surface area contributed by atoms with Gasteiger partial charge in [0.25, 0.3) is 5.69 Å². The molecule has 2 N–H and O–H groups in total. The maximum Gasteiger partial charge on any atom is 0.292 e. The van der Waals surface area contributed by atoms with Crippen molar-refractivity contribution in [2.75, 3.05) is 5.32 Å². The van der Waals surface area contributed by atoms with Crippen LogP contribution in [-0.4, -0.2) is 26.3 Å². The lowest BCUT2D eigenvalue weighted by atomic mass is 10.1. The van der Waals surface area contributed by atoms with Gasteiger partial charge in [0.1, 0.15) is 5.69 Å². The van der Waals surface area contributed by atoms with Crippen molar-refractivity contribution in [1.82, 2.24) is 4.57 Å². The molecule has 0 radical (unpaired) electrons. The number of nitro groups is 1. The number of nitrogens with zero attached hydrogens (tertiary/aromatic N) is 3. The summed E-state index contributed by atoms with van der Waals surface area (Å²) in [4.78, 5) is 35.4. The molecule has 0 aliphatic carbocycles. The summed E-state index contributed by atoms with van der Waals surface area (Å²) >= 11 is 0. The van der Waals surface area contributed by atoms with Gasteiger partial charge >= 0.3 is 0 Å². The van der Waals surface area contributed by atoms with E-state index in [1.54, 1.807) is 23.0 Å². The van der Waals surface area contributed by atoms with Crippen LogP contribution in [0.4, 0.5) is 11.4 Å². The monoisotopic (exact) mass is 404 g/mol. The van der Waals surface area contributed by atoms with Crippen molar-refractivity contribution in [1.29, 1.82) is 5.26 Å². The Balaban J connectivity index is 1.82. The standard InChI is InChI=1S/C21H16N4O5/c22-11-14-2-1-3-16(8-14)20(27)10-21(28)23-18-9-17(4-5-19(18)25(29)30)24-7-6-15(12-24)13-26/h1-9,12,26H,10,13H2,(H,23,28). The van der Waals surface area contributed by atoms with Gasteiger partial charge < -0.3 is 15.0 Å². The molecule has 150 valence electrons. The van der Waals surface area contributed by atoms with Crippen molar-refractivity contribution in [3.8, 4) is 11.8 Å². The predicted octanol–water partition coefficient (Wildman–Crippen LogP) is 2.96. The number of hydrogen-bond acceptors (Lipinski definition) is 6. The first-order valence-electron chi connectivity index (χ1n) is 8.81. The average Bonchev–Trinajstić information content (AvgIpc) is 3.22. The predicted molar refractivity (Wildman–Crippen MR) is 107 cm³/mol. The number of nitro benzene ring substituents is 1. The molecule has 9 nitrogen and oxygen atoms in total. The number of benzene rings is 2. The number of nitriles is 1. The zero-order valence-electron chi connectivity index (χ0n) is 15.6. The molecular formula is C21H16N4O5. The molecule has 0 fully saturated rings. The summed E-state index contributed by atoms with van der Waals surface area (Å²) in [5.41, 5.74) is 1.31. The molecule has 2 aromatic carbocycles. The van der Waals surface area contributed by atoms with Crippen LogP contribution in [0.2, 0.25) is 0 Å². The summed E-state index contributed by atoms with van der Waals surface area (Å²) in [6.45, 7) is -0.154. The number of aromatic nitrogens is 1.